The zero-order valence-corrected chi connectivity index (χ0v) is 10.0. The average molecular weight is 231 g/mol. The predicted molar refractivity (Wildman–Crippen MR) is 63.6 cm³/mol. The molecule has 3 rings (SSSR count). The monoisotopic (exact) mass is 231 g/mol. The van der Waals surface area contributed by atoms with Gasteiger partial charge >= 0.3 is 5.97 Å². The number of hydrogen-bond donors (Lipinski definition) is 1. The van der Waals surface area contributed by atoms with Crippen LogP contribution in [0.25, 0.3) is 0 Å². The molecule has 1 heterocycles. The summed E-state index contributed by atoms with van der Waals surface area (Å²) in [5.41, 5.74) is 1.36. The molecule has 2 unspecified atom stereocenters. The van der Waals surface area contributed by atoms with Crippen molar-refractivity contribution in [2.75, 3.05) is 0 Å². The van der Waals surface area contributed by atoms with Crippen molar-refractivity contribution in [3.05, 3.63) is 29.6 Å². The first-order valence-electron chi connectivity index (χ1n) is 6.25. The average Bonchev–Trinajstić information content (AvgIpc) is 2.87. The highest BCUT2D eigenvalue weighted by Gasteiger charge is 2.57. The minimum Gasteiger partial charge on any atom is -0.481 e. The van der Waals surface area contributed by atoms with E-state index >= 15 is 0 Å². The molecule has 0 amide bonds. The lowest BCUT2D eigenvalue weighted by Gasteiger charge is -2.25. The summed E-state index contributed by atoms with van der Waals surface area (Å²) in [6.07, 6.45) is 3.54. The van der Waals surface area contributed by atoms with Gasteiger partial charge in [0.15, 0.2) is 0 Å². The second kappa shape index (κ2) is 3.56. The third kappa shape index (κ3) is 1.84. The second-order valence-corrected chi connectivity index (χ2v) is 5.70. The fraction of sp³-hybridized carbons (Fsp3) is 0.571. The normalized spacial score (nSPS) is 34.4. The Balaban J connectivity index is 1.84. The number of hydrogen-bond acceptors (Lipinski definition) is 2. The van der Waals surface area contributed by atoms with Crippen molar-refractivity contribution in [2.45, 2.75) is 32.6 Å². The summed E-state index contributed by atoms with van der Waals surface area (Å²) in [6, 6.07) is 5.85. The highest BCUT2D eigenvalue weighted by Crippen LogP contribution is 2.60. The van der Waals surface area contributed by atoms with Crippen LogP contribution in [0, 0.1) is 24.2 Å². The molecule has 0 saturated heterocycles. The number of aromatic nitrogens is 1. The van der Waals surface area contributed by atoms with Gasteiger partial charge in [0.25, 0.3) is 0 Å². The number of carbonyl (C=O) groups is 1. The third-order valence-corrected chi connectivity index (χ3v) is 4.29. The SMILES string of the molecule is Cc1cccc(CC2(C(=O)O)CC3CC3C2)n1. The molecule has 2 fully saturated rings. The van der Waals surface area contributed by atoms with E-state index in [9.17, 15) is 9.90 Å². The molecule has 3 nitrogen and oxygen atoms in total. The van der Waals surface area contributed by atoms with E-state index in [1.54, 1.807) is 0 Å². The maximum Gasteiger partial charge on any atom is 0.310 e. The number of fused-ring (bicyclic) bond motifs is 1. The van der Waals surface area contributed by atoms with Crippen LogP contribution in [0.3, 0.4) is 0 Å². The largest absolute Gasteiger partial charge is 0.481 e. The van der Waals surface area contributed by atoms with Crippen molar-refractivity contribution < 1.29 is 9.90 Å². The second-order valence-electron chi connectivity index (χ2n) is 5.70. The molecule has 3 heteroatoms. The van der Waals surface area contributed by atoms with Gasteiger partial charge in [0, 0.05) is 17.8 Å². The minimum atomic E-state index is -0.631. The van der Waals surface area contributed by atoms with Crippen molar-refractivity contribution in [1.29, 1.82) is 0 Å². The van der Waals surface area contributed by atoms with Crippen molar-refractivity contribution in [2.24, 2.45) is 17.3 Å². The summed E-state index contributed by atoms with van der Waals surface area (Å²) in [5.74, 6) is 0.722. The van der Waals surface area contributed by atoms with Crippen LogP contribution in [-0.4, -0.2) is 16.1 Å². The number of nitrogens with zero attached hydrogens (tertiary/aromatic N) is 1. The molecule has 0 aromatic carbocycles. The first-order chi connectivity index (χ1) is 8.09. The van der Waals surface area contributed by atoms with Crippen molar-refractivity contribution in [3.63, 3.8) is 0 Å². The predicted octanol–water partition coefficient (Wildman–Crippen LogP) is 2.43. The lowest BCUT2D eigenvalue weighted by Crippen LogP contribution is -2.32. The van der Waals surface area contributed by atoms with Gasteiger partial charge in [0.1, 0.15) is 0 Å². The molecule has 2 aliphatic carbocycles. The molecule has 2 aliphatic rings. The Morgan fingerprint density at radius 2 is 2.18 bits per heavy atom. The van der Waals surface area contributed by atoms with Crippen LogP contribution >= 0.6 is 0 Å². The molecular formula is C14H17NO2. The van der Waals surface area contributed by atoms with Crippen LogP contribution in [0.2, 0.25) is 0 Å². The molecule has 2 atom stereocenters. The van der Waals surface area contributed by atoms with Crippen molar-refractivity contribution in [1.82, 2.24) is 4.98 Å². The maximum atomic E-state index is 11.6. The van der Waals surface area contributed by atoms with E-state index in [1.807, 2.05) is 25.1 Å². The molecule has 0 spiro atoms. The molecule has 1 aromatic rings. The van der Waals surface area contributed by atoms with E-state index in [0.717, 1.165) is 24.2 Å². The standard InChI is InChI=1S/C14H17NO2/c1-9-3-2-4-12(15-9)8-14(13(16)17)6-10-5-11(10)7-14/h2-4,10-11H,5-8H2,1H3,(H,16,17). The van der Waals surface area contributed by atoms with Gasteiger partial charge in [-0.2, -0.15) is 0 Å². The molecular weight excluding hydrogens is 214 g/mol. The number of carboxylic acids is 1. The zero-order valence-electron chi connectivity index (χ0n) is 10.0. The summed E-state index contributed by atoms with van der Waals surface area (Å²) >= 11 is 0. The fourth-order valence-corrected chi connectivity index (χ4v) is 3.34. The Morgan fingerprint density at radius 3 is 2.76 bits per heavy atom. The molecule has 0 aliphatic heterocycles. The number of pyridine rings is 1. The van der Waals surface area contributed by atoms with E-state index < -0.39 is 11.4 Å². The molecule has 1 aromatic heterocycles. The van der Waals surface area contributed by atoms with Gasteiger partial charge < -0.3 is 5.11 Å². The summed E-state index contributed by atoms with van der Waals surface area (Å²) in [4.78, 5) is 16.0. The maximum absolute atomic E-state index is 11.6. The Hall–Kier alpha value is -1.38. The Morgan fingerprint density at radius 1 is 1.47 bits per heavy atom. The Bertz CT molecular complexity index is 459. The molecule has 17 heavy (non-hydrogen) atoms. The minimum absolute atomic E-state index is 0.533. The first kappa shape index (κ1) is 10.8. The van der Waals surface area contributed by atoms with Gasteiger partial charge in [0.05, 0.1) is 5.41 Å². The van der Waals surface area contributed by atoms with Crippen molar-refractivity contribution >= 4 is 5.97 Å². The molecule has 0 radical (unpaired) electrons. The van der Waals surface area contributed by atoms with Gasteiger partial charge in [-0.05, 0) is 50.2 Å². The number of aliphatic carboxylic acids is 1. The summed E-state index contributed by atoms with van der Waals surface area (Å²) in [6.45, 7) is 1.95. The van der Waals surface area contributed by atoms with E-state index in [4.69, 9.17) is 0 Å². The molecule has 90 valence electrons. The third-order valence-electron chi connectivity index (χ3n) is 4.29. The lowest BCUT2D eigenvalue weighted by molar-refractivity contribution is -0.149. The Kier molecular flexibility index (Phi) is 2.25. The van der Waals surface area contributed by atoms with E-state index in [0.29, 0.717) is 18.3 Å². The van der Waals surface area contributed by atoms with Crippen LogP contribution < -0.4 is 0 Å². The highest BCUT2D eigenvalue weighted by molar-refractivity contribution is 5.76. The van der Waals surface area contributed by atoms with Gasteiger partial charge in [0.2, 0.25) is 0 Å². The first-order valence-corrected chi connectivity index (χ1v) is 6.25. The topological polar surface area (TPSA) is 50.2 Å². The highest BCUT2D eigenvalue weighted by atomic mass is 16.4. The van der Waals surface area contributed by atoms with Gasteiger partial charge in [-0.3, -0.25) is 9.78 Å². The van der Waals surface area contributed by atoms with Gasteiger partial charge in [-0.1, -0.05) is 6.07 Å². The summed E-state index contributed by atoms with van der Waals surface area (Å²) < 4.78 is 0. The quantitative estimate of drug-likeness (QED) is 0.869. The van der Waals surface area contributed by atoms with Gasteiger partial charge in [-0.25, -0.2) is 0 Å². The Labute approximate surface area is 101 Å². The van der Waals surface area contributed by atoms with E-state index in [-0.39, 0.29) is 0 Å². The van der Waals surface area contributed by atoms with Crippen LogP contribution in [-0.2, 0) is 11.2 Å². The number of carboxylic acid groups (broad SMARTS) is 1. The summed E-state index contributed by atoms with van der Waals surface area (Å²) in [7, 11) is 0. The lowest BCUT2D eigenvalue weighted by atomic mass is 9.78. The van der Waals surface area contributed by atoms with E-state index in [1.165, 1.54) is 6.42 Å². The van der Waals surface area contributed by atoms with Crippen LogP contribution in [0.4, 0.5) is 0 Å². The molecule has 2 saturated carbocycles. The fourth-order valence-electron chi connectivity index (χ4n) is 3.34. The van der Waals surface area contributed by atoms with Crippen LogP contribution in [0.15, 0.2) is 18.2 Å². The number of aryl methyl sites for hydroxylation is 1. The van der Waals surface area contributed by atoms with Gasteiger partial charge in [-0.15, -0.1) is 0 Å². The zero-order chi connectivity index (χ0) is 12.0. The molecule has 0 bridgehead atoms. The van der Waals surface area contributed by atoms with Crippen LogP contribution in [0.1, 0.15) is 30.7 Å². The summed E-state index contributed by atoms with van der Waals surface area (Å²) in [5, 5.41) is 9.50. The van der Waals surface area contributed by atoms with Crippen molar-refractivity contribution in [3.8, 4) is 0 Å². The number of rotatable bonds is 3. The molecule has 1 N–H and O–H groups in total. The van der Waals surface area contributed by atoms with E-state index in [2.05, 4.69) is 4.98 Å². The van der Waals surface area contributed by atoms with Crippen LogP contribution in [0.5, 0.6) is 0 Å². The smallest absolute Gasteiger partial charge is 0.310 e.